The van der Waals surface area contributed by atoms with Crippen molar-refractivity contribution in [3.63, 3.8) is 0 Å². The molecule has 0 fully saturated rings. The van der Waals surface area contributed by atoms with Crippen LogP contribution in [0.2, 0.25) is 0 Å². The third kappa shape index (κ3) is 9.25. The molecule has 2 rings (SSSR count). The van der Waals surface area contributed by atoms with E-state index in [9.17, 15) is 14.4 Å². The van der Waals surface area contributed by atoms with E-state index in [1.807, 2.05) is 0 Å². The number of hydrogen-bond donors (Lipinski definition) is 1. The minimum absolute atomic E-state index is 0.0143. The first-order valence-corrected chi connectivity index (χ1v) is 11.7. The van der Waals surface area contributed by atoms with Gasteiger partial charge in [-0.1, -0.05) is 57.7 Å². The zero-order valence-corrected chi connectivity index (χ0v) is 20.5. The van der Waals surface area contributed by atoms with Crippen LogP contribution in [0, 0.1) is 5.92 Å². The molecule has 0 saturated heterocycles. The van der Waals surface area contributed by atoms with E-state index in [0.29, 0.717) is 18.7 Å². The van der Waals surface area contributed by atoms with Gasteiger partial charge in [0, 0.05) is 19.9 Å². The number of amides is 1. The third-order valence-corrected chi connectivity index (χ3v) is 5.22. The Morgan fingerprint density at radius 1 is 0.882 bits per heavy atom. The Morgan fingerprint density at radius 2 is 1.62 bits per heavy atom. The molecule has 34 heavy (non-hydrogen) atoms. The van der Waals surface area contributed by atoms with Crippen LogP contribution in [-0.2, 0) is 16.1 Å². The molecule has 1 N–H and O–H groups in total. The molecular formula is C27H35NO6. The average Bonchev–Trinajstić information content (AvgIpc) is 2.80. The van der Waals surface area contributed by atoms with Gasteiger partial charge in [0.15, 0.2) is 11.5 Å². The number of rotatable bonds is 13. The van der Waals surface area contributed by atoms with Crippen molar-refractivity contribution in [1.29, 1.82) is 0 Å². The molecule has 2 aromatic carbocycles. The Balaban J connectivity index is 1.89. The molecule has 0 unspecified atom stereocenters. The number of benzene rings is 2. The average molecular weight is 470 g/mol. The lowest BCUT2D eigenvalue weighted by Crippen LogP contribution is -2.22. The van der Waals surface area contributed by atoms with Gasteiger partial charge in [0.05, 0.1) is 7.11 Å². The molecule has 0 aliphatic heterocycles. The number of esters is 2. The van der Waals surface area contributed by atoms with Crippen LogP contribution in [0.3, 0.4) is 0 Å². The summed E-state index contributed by atoms with van der Waals surface area (Å²) in [5, 5.41) is 2.92. The number of hydrogen-bond acceptors (Lipinski definition) is 6. The number of ether oxygens (including phenoxy) is 3. The van der Waals surface area contributed by atoms with Crippen molar-refractivity contribution in [2.75, 3.05) is 7.11 Å². The van der Waals surface area contributed by atoms with Crippen molar-refractivity contribution in [2.24, 2.45) is 5.92 Å². The summed E-state index contributed by atoms with van der Waals surface area (Å²) in [7, 11) is 1.47. The molecular weight excluding hydrogens is 434 g/mol. The van der Waals surface area contributed by atoms with Gasteiger partial charge < -0.3 is 19.5 Å². The Labute approximate surface area is 201 Å². The second-order valence-electron chi connectivity index (χ2n) is 8.59. The van der Waals surface area contributed by atoms with E-state index in [1.165, 1.54) is 39.0 Å². The lowest BCUT2D eigenvalue weighted by atomic mass is 10.0. The van der Waals surface area contributed by atoms with Gasteiger partial charge in [-0.05, 0) is 42.2 Å². The van der Waals surface area contributed by atoms with Crippen LogP contribution in [0.15, 0.2) is 42.5 Å². The SMILES string of the molecule is COc1cc(CNC(=O)CCCCCCC(C)C)ccc1OC(=O)c1ccccc1OC(C)=O. The Kier molecular flexibility index (Phi) is 11.1. The predicted octanol–water partition coefficient (Wildman–Crippen LogP) is 5.45. The second kappa shape index (κ2) is 14.0. The number of para-hydroxylation sites is 1. The minimum atomic E-state index is -0.676. The monoisotopic (exact) mass is 469 g/mol. The van der Waals surface area contributed by atoms with E-state index in [2.05, 4.69) is 19.2 Å². The van der Waals surface area contributed by atoms with Gasteiger partial charge in [0.1, 0.15) is 11.3 Å². The molecule has 0 bridgehead atoms. The van der Waals surface area contributed by atoms with Crippen molar-refractivity contribution in [3.05, 3.63) is 53.6 Å². The van der Waals surface area contributed by atoms with E-state index in [1.54, 1.807) is 30.3 Å². The first-order chi connectivity index (χ1) is 16.3. The second-order valence-corrected chi connectivity index (χ2v) is 8.59. The van der Waals surface area contributed by atoms with Gasteiger partial charge in [0.25, 0.3) is 0 Å². The van der Waals surface area contributed by atoms with E-state index in [4.69, 9.17) is 14.2 Å². The molecule has 0 radical (unpaired) electrons. The number of carbonyl (C=O) groups is 3. The zero-order valence-electron chi connectivity index (χ0n) is 20.5. The van der Waals surface area contributed by atoms with Crippen molar-refractivity contribution in [2.45, 2.75) is 65.8 Å². The van der Waals surface area contributed by atoms with Crippen LogP contribution in [0.1, 0.15) is 75.2 Å². The van der Waals surface area contributed by atoms with Crippen LogP contribution < -0.4 is 19.5 Å². The Morgan fingerprint density at radius 3 is 2.32 bits per heavy atom. The van der Waals surface area contributed by atoms with E-state index in [-0.39, 0.29) is 23.0 Å². The fraction of sp³-hybridized carbons (Fsp3) is 0.444. The largest absolute Gasteiger partial charge is 0.493 e. The summed E-state index contributed by atoms with van der Waals surface area (Å²) in [6.07, 6.45) is 6.07. The van der Waals surface area contributed by atoms with Crippen LogP contribution in [0.5, 0.6) is 17.2 Å². The Hall–Kier alpha value is -3.35. The first kappa shape index (κ1) is 26.9. The maximum absolute atomic E-state index is 12.7. The fourth-order valence-electron chi connectivity index (χ4n) is 3.42. The summed E-state index contributed by atoms with van der Waals surface area (Å²) in [4.78, 5) is 36.1. The smallest absolute Gasteiger partial charge is 0.347 e. The van der Waals surface area contributed by atoms with Crippen molar-refractivity contribution in [1.82, 2.24) is 5.32 Å². The van der Waals surface area contributed by atoms with Gasteiger partial charge in [-0.2, -0.15) is 0 Å². The van der Waals surface area contributed by atoms with Crippen LogP contribution in [-0.4, -0.2) is 25.0 Å². The highest BCUT2D eigenvalue weighted by molar-refractivity contribution is 5.95. The van der Waals surface area contributed by atoms with Crippen molar-refractivity contribution < 1.29 is 28.6 Å². The van der Waals surface area contributed by atoms with E-state index >= 15 is 0 Å². The molecule has 7 heteroatoms. The molecule has 0 spiro atoms. The normalized spacial score (nSPS) is 10.6. The van der Waals surface area contributed by atoms with Gasteiger partial charge in [-0.3, -0.25) is 9.59 Å². The summed E-state index contributed by atoms with van der Waals surface area (Å²) < 4.78 is 15.9. The van der Waals surface area contributed by atoms with Crippen molar-refractivity contribution in [3.8, 4) is 17.2 Å². The first-order valence-electron chi connectivity index (χ1n) is 11.7. The fourth-order valence-corrected chi connectivity index (χ4v) is 3.42. The van der Waals surface area contributed by atoms with Gasteiger partial charge >= 0.3 is 11.9 Å². The topological polar surface area (TPSA) is 90.9 Å². The van der Waals surface area contributed by atoms with Gasteiger partial charge in [-0.15, -0.1) is 0 Å². The molecule has 0 aliphatic rings. The predicted molar refractivity (Wildman–Crippen MR) is 130 cm³/mol. The quantitative estimate of drug-likeness (QED) is 0.238. The van der Waals surface area contributed by atoms with Crippen molar-refractivity contribution >= 4 is 17.8 Å². The van der Waals surface area contributed by atoms with Gasteiger partial charge in [0.2, 0.25) is 5.91 Å². The summed E-state index contributed by atoms with van der Waals surface area (Å²) in [6.45, 7) is 6.07. The number of carbonyl (C=O) groups excluding carboxylic acids is 3. The number of nitrogens with one attached hydrogen (secondary N) is 1. The van der Waals surface area contributed by atoms with Gasteiger partial charge in [-0.25, -0.2) is 4.79 Å². The lowest BCUT2D eigenvalue weighted by molar-refractivity contribution is -0.131. The maximum atomic E-state index is 12.7. The minimum Gasteiger partial charge on any atom is -0.493 e. The number of unbranched alkanes of at least 4 members (excludes halogenated alkanes) is 3. The maximum Gasteiger partial charge on any atom is 0.347 e. The molecule has 184 valence electrons. The van der Waals surface area contributed by atoms with Crippen LogP contribution in [0.4, 0.5) is 0 Å². The summed E-state index contributed by atoms with van der Waals surface area (Å²) >= 11 is 0. The molecule has 0 aromatic heterocycles. The van der Waals surface area contributed by atoms with E-state index < -0.39 is 11.9 Å². The highest BCUT2D eigenvalue weighted by Gasteiger charge is 2.18. The summed E-state index contributed by atoms with van der Waals surface area (Å²) in [6, 6.07) is 11.4. The van der Waals surface area contributed by atoms with Crippen LogP contribution in [0.25, 0.3) is 0 Å². The summed E-state index contributed by atoms with van der Waals surface area (Å²) in [5.74, 6) is 0.238. The molecule has 2 aromatic rings. The lowest BCUT2D eigenvalue weighted by Gasteiger charge is -2.13. The molecule has 0 aliphatic carbocycles. The van der Waals surface area contributed by atoms with Crippen LogP contribution >= 0.6 is 0 Å². The molecule has 0 saturated carbocycles. The number of methoxy groups -OCH3 is 1. The summed E-state index contributed by atoms with van der Waals surface area (Å²) in [5.41, 5.74) is 0.947. The Bertz CT molecular complexity index is 969. The molecule has 1 amide bonds. The standard InChI is InChI=1S/C27H35NO6/c1-19(2)11-7-5-6-8-14-26(30)28-18-21-15-16-24(25(17-21)32-4)34-27(31)22-12-9-10-13-23(22)33-20(3)29/h9-10,12-13,15-17,19H,5-8,11,14,18H2,1-4H3,(H,28,30). The highest BCUT2D eigenvalue weighted by atomic mass is 16.6. The molecule has 0 atom stereocenters. The van der Waals surface area contributed by atoms with E-state index in [0.717, 1.165) is 30.7 Å². The zero-order chi connectivity index (χ0) is 24.9. The third-order valence-electron chi connectivity index (χ3n) is 5.22. The highest BCUT2D eigenvalue weighted by Crippen LogP contribution is 2.30. The molecule has 7 nitrogen and oxygen atoms in total. The molecule has 0 heterocycles.